The fourth-order valence-corrected chi connectivity index (χ4v) is 4.93. The zero-order chi connectivity index (χ0) is 22.4. The van der Waals surface area contributed by atoms with Crippen LogP contribution in [0.2, 0.25) is 0 Å². The van der Waals surface area contributed by atoms with Gasteiger partial charge in [-0.05, 0) is 39.6 Å². The molecule has 9 heteroatoms. The number of fused-ring (bicyclic) bond motifs is 2. The maximum Gasteiger partial charge on any atom is 0.231 e. The van der Waals surface area contributed by atoms with Crippen LogP contribution in [0.25, 0.3) is 0 Å². The van der Waals surface area contributed by atoms with E-state index in [1.54, 1.807) is 0 Å². The number of H-pyrrole nitrogens is 1. The van der Waals surface area contributed by atoms with Gasteiger partial charge in [0.25, 0.3) is 0 Å². The third-order valence-electron chi connectivity index (χ3n) is 6.41. The van der Waals surface area contributed by atoms with Crippen molar-refractivity contribution in [1.29, 1.82) is 0 Å². The van der Waals surface area contributed by atoms with Gasteiger partial charge in [-0.3, -0.25) is 10.00 Å². The SMILES string of the molecule is CC(C)c1n[nH]cc1C(c1ccccc1)N1CCn2nnnc2C1c1ccc2c(c1)OCO2. The van der Waals surface area contributed by atoms with E-state index in [0.29, 0.717) is 6.54 Å². The van der Waals surface area contributed by atoms with Crippen LogP contribution in [0.5, 0.6) is 11.5 Å². The average Bonchev–Trinajstić information content (AvgIpc) is 3.59. The molecule has 2 atom stereocenters. The Kier molecular flexibility index (Phi) is 4.83. The molecule has 9 nitrogen and oxygen atoms in total. The van der Waals surface area contributed by atoms with Crippen LogP contribution >= 0.6 is 0 Å². The van der Waals surface area contributed by atoms with Crippen molar-refractivity contribution in [2.75, 3.05) is 13.3 Å². The van der Waals surface area contributed by atoms with Gasteiger partial charge in [0.2, 0.25) is 6.79 Å². The predicted octanol–water partition coefficient (Wildman–Crippen LogP) is 3.44. The molecular formula is C24H25N7O2. The number of hydrogen-bond donors (Lipinski definition) is 1. The first-order valence-electron chi connectivity index (χ1n) is 11.2. The molecule has 0 amide bonds. The lowest BCUT2D eigenvalue weighted by atomic mass is 9.90. The summed E-state index contributed by atoms with van der Waals surface area (Å²) in [6.07, 6.45) is 2.03. The summed E-state index contributed by atoms with van der Waals surface area (Å²) in [6.45, 7) is 6.08. The summed E-state index contributed by atoms with van der Waals surface area (Å²) in [5, 5.41) is 20.4. The molecule has 4 heterocycles. The maximum atomic E-state index is 5.69. The van der Waals surface area contributed by atoms with Crippen molar-refractivity contribution in [3.8, 4) is 11.5 Å². The number of tetrazole rings is 1. The van der Waals surface area contributed by atoms with Gasteiger partial charge in [0.15, 0.2) is 17.3 Å². The van der Waals surface area contributed by atoms with E-state index < -0.39 is 0 Å². The van der Waals surface area contributed by atoms with Crippen molar-refractivity contribution in [2.45, 2.75) is 38.4 Å². The van der Waals surface area contributed by atoms with Crippen LogP contribution in [0.3, 0.4) is 0 Å². The third-order valence-corrected chi connectivity index (χ3v) is 6.41. The van der Waals surface area contributed by atoms with Gasteiger partial charge >= 0.3 is 0 Å². The zero-order valence-electron chi connectivity index (χ0n) is 18.5. The quantitative estimate of drug-likeness (QED) is 0.505. The van der Waals surface area contributed by atoms with Gasteiger partial charge in [-0.25, -0.2) is 4.68 Å². The minimum absolute atomic E-state index is 0.0248. The largest absolute Gasteiger partial charge is 0.454 e. The van der Waals surface area contributed by atoms with Crippen molar-refractivity contribution in [3.05, 3.63) is 82.9 Å². The summed E-state index contributed by atoms with van der Waals surface area (Å²) < 4.78 is 13.1. The standard InChI is InChI=1S/C24H25N7O2/c1-15(2)21-18(13-25-26-21)22(16-6-4-3-5-7-16)30-10-11-31-24(27-28-29-31)23(30)17-8-9-19-20(12-17)33-14-32-19/h3-9,12-13,15,22-23H,10-11,14H2,1-2H3,(H,25,26). The molecule has 0 bridgehead atoms. The van der Waals surface area contributed by atoms with Crippen molar-refractivity contribution >= 4 is 0 Å². The van der Waals surface area contributed by atoms with Crippen LogP contribution in [0.1, 0.15) is 60.1 Å². The molecule has 33 heavy (non-hydrogen) atoms. The van der Waals surface area contributed by atoms with Gasteiger partial charge in [0.05, 0.1) is 24.3 Å². The number of aromatic amines is 1. The number of aromatic nitrogens is 6. The summed E-state index contributed by atoms with van der Waals surface area (Å²) in [4.78, 5) is 2.47. The second-order valence-electron chi connectivity index (χ2n) is 8.71. The summed E-state index contributed by atoms with van der Waals surface area (Å²) in [5.74, 6) is 2.61. The Morgan fingerprint density at radius 2 is 1.88 bits per heavy atom. The summed E-state index contributed by atoms with van der Waals surface area (Å²) in [6, 6.07) is 16.5. The molecule has 2 unspecified atom stereocenters. The molecule has 2 aromatic heterocycles. The molecule has 2 aliphatic heterocycles. The van der Waals surface area contributed by atoms with E-state index in [0.717, 1.165) is 35.1 Å². The van der Waals surface area contributed by atoms with Crippen LogP contribution in [-0.2, 0) is 6.54 Å². The Balaban J connectivity index is 1.53. The number of nitrogens with zero attached hydrogens (tertiary/aromatic N) is 6. The summed E-state index contributed by atoms with van der Waals surface area (Å²) in [5.41, 5.74) is 4.50. The van der Waals surface area contributed by atoms with Gasteiger partial charge in [-0.1, -0.05) is 50.2 Å². The first kappa shape index (κ1) is 19.9. The van der Waals surface area contributed by atoms with E-state index in [1.807, 2.05) is 29.1 Å². The molecule has 1 N–H and O–H groups in total. The fraction of sp³-hybridized carbons (Fsp3) is 0.333. The number of hydrogen-bond acceptors (Lipinski definition) is 7. The highest BCUT2D eigenvalue weighted by Gasteiger charge is 2.39. The molecule has 0 saturated carbocycles. The van der Waals surface area contributed by atoms with Crippen molar-refractivity contribution in [2.24, 2.45) is 0 Å². The van der Waals surface area contributed by atoms with Crippen LogP contribution in [0.4, 0.5) is 0 Å². The molecular weight excluding hydrogens is 418 g/mol. The maximum absolute atomic E-state index is 5.69. The Hall–Kier alpha value is -3.72. The molecule has 2 aromatic carbocycles. The predicted molar refractivity (Wildman–Crippen MR) is 120 cm³/mol. The molecule has 4 aromatic rings. The van der Waals surface area contributed by atoms with Gasteiger partial charge in [0, 0.05) is 18.3 Å². The zero-order valence-corrected chi connectivity index (χ0v) is 18.5. The lowest BCUT2D eigenvalue weighted by Gasteiger charge is -2.41. The van der Waals surface area contributed by atoms with Crippen LogP contribution in [0, 0.1) is 0 Å². The smallest absolute Gasteiger partial charge is 0.231 e. The Morgan fingerprint density at radius 3 is 2.73 bits per heavy atom. The Labute approximate surface area is 191 Å². The highest BCUT2D eigenvalue weighted by atomic mass is 16.7. The van der Waals surface area contributed by atoms with Crippen molar-refractivity contribution in [1.82, 2.24) is 35.3 Å². The van der Waals surface area contributed by atoms with Gasteiger partial charge in [-0.2, -0.15) is 5.10 Å². The first-order chi connectivity index (χ1) is 16.2. The van der Waals surface area contributed by atoms with E-state index in [-0.39, 0.29) is 24.8 Å². The second-order valence-corrected chi connectivity index (χ2v) is 8.71. The molecule has 0 aliphatic carbocycles. The lowest BCUT2D eigenvalue weighted by Crippen LogP contribution is -2.42. The number of nitrogens with one attached hydrogen (secondary N) is 1. The molecule has 0 spiro atoms. The molecule has 6 rings (SSSR count). The monoisotopic (exact) mass is 443 g/mol. The van der Waals surface area contributed by atoms with Crippen LogP contribution in [-0.4, -0.2) is 48.6 Å². The van der Waals surface area contributed by atoms with Crippen molar-refractivity contribution in [3.63, 3.8) is 0 Å². The van der Waals surface area contributed by atoms with Crippen LogP contribution in [0.15, 0.2) is 54.7 Å². The van der Waals surface area contributed by atoms with Crippen LogP contribution < -0.4 is 9.47 Å². The van der Waals surface area contributed by atoms with E-state index in [2.05, 4.69) is 74.8 Å². The van der Waals surface area contributed by atoms with E-state index in [1.165, 1.54) is 11.1 Å². The first-order valence-corrected chi connectivity index (χ1v) is 11.2. The minimum Gasteiger partial charge on any atom is -0.454 e. The normalized spacial score (nSPS) is 18.5. The lowest BCUT2D eigenvalue weighted by molar-refractivity contribution is 0.134. The van der Waals surface area contributed by atoms with E-state index in [4.69, 9.17) is 9.47 Å². The fourth-order valence-electron chi connectivity index (χ4n) is 4.93. The number of ether oxygens (including phenoxy) is 2. The second kappa shape index (κ2) is 8.00. The molecule has 0 saturated heterocycles. The Bertz CT molecular complexity index is 1270. The van der Waals surface area contributed by atoms with Gasteiger partial charge < -0.3 is 9.47 Å². The Morgan fingerprint density at radius 1 is 1.03 bits per heavy atom. The summed E-state index contributed by atoms with van der Waals surface area (Å²) >= 11 is 0. The minimum atomic E-state index is -0.164. The van der Waals surface area contributed by atoms with Gasteiger partial charge in [-0.15, -0.1) is 5.10 Å². The number of benzene rings is 2. The van der Waals surface area contributed by atoms with E-state index >= 15 is 0 Å². The molecule has 0 radical (unpaired) electrons. The topological polar surface area (TPSA) is 94.0 Å². The third kappa shape index (κ3) is 3.36. The molecule has 168 valence electrons. The highest BCUT2D eigenvalue weighted by Crippen LogP contribution is 2.44. The average molecular weight is 444 g/mol. The highest BCUT2D eigenvalue weighted by molar-refractivity contribution is 5.47. The summed E-state index contributed by atoms with van der Waals surface area (Å²) in [7, 11) is 0. The van der Waals surface area contributed by atoms with Crippen molar-refractivity contribution < 1.29 is 9.47 Å². The number of rotatable bonds is 5. The molecule has 2 aliphatic rings. The van der Waals surface area contributed by atoms with Gasteiger partial charge in [0.1, 0.15) is 0 Å². The molecule has 0 fully saturated rings. The van der Waals surface area contributed by atoms with E-state index in [9.17, 15) is 0 Å².